The fourth-order valence-electron chi connectivity index (χ4n) is 3.59. The van der Waals surface area contributed by atoms with Gasteiger partial charge in [-0.25, -0.2) is 9.82 Å². The zero-order valence-electron chi connectivity index (χ0n) is 16.9. The Morgan fingerprint density at radius 1 is 1.16 bits per heavy atom. The molecule has 3 aromatic rings. The molecule has 1 aliphatic carbocycles. The van der Waals surface area contributed by atoms with Crippen LogP contribution in [0.25, 0.3) is 0 Å². The van der Waals surface area contributed by atoms with E-state index in [9.17, 15) is 14.0 Å². The lowest BCUT2D eigenvalue weighted by Crippen LogP contribution is -2.24. The van der Waals surface area contributed by atoms with Crippen molar-refractivity contribution in [1.82, 2.24) is 15.7 Å². The summed E-state index contributed by atoms with van der Waals surface area (Å²) in [5, 5.41) is 7.05. The average Bonchev–Trinajstić information content (AvgIpc) is 3.14. The first-order chi connectivity index (χ1) is 15.0. The van der Waals surface area contributed by atoms with Crippen molar-refractivity contribution in [3.8, 4) is 0 Å². The Morgan fingerprint density at radius 3 is 2.77 bits per heavy atom. The molecule has 0 atom stereocenters. The zero-order chi connectivity index (χ0) is 21.8. The molecule has 0 unspecified atom stereocenters. The second-order valence-corrected chi connectivity index (χ2v) is 7.23. The molecule has 7 nitrogen and oxygen atoms in total. The van der Waals surface area contributed by atoms with Crippen molar-refractivity contribution >= 4 is 17.5 Å². The standard InChI is InChI=1S/C23H21FN4O3/c1-14-20-18(27-28-22(29)16-7-2-3-8-17(16)24)9-4-10-19(20)31-21(14)23(30)26-13-15-6-5-11-25-12-15/h2-3,5-8,11-12H,4,9-10,13H2,1H3,(H,26,30)(H,28,29)/b27-18+. The molecule has 0 fully saturated rings. The van der Waals surface area contributed by atoms with Crippen LogP contribution in [0.15, 0.2) is 58.3 Å². The first-order valence-corrected chi connectivity index (χ1v) is 9.95. The largest absolute Gasteiger partial charge is 0.455 e. The van der Waals surface area contributed by atoms with Gasteiger partial charge in [0, 0.05) is 36.5 Å². The number of furan rings is 1. The number of rotatable bonds is 5. The van der Waals surface area contributed by atoms with Crippen LogP contribution in [0.3, 0.4) is 0 Å². The van der Waals surface area contributed by atoms with E-state index in [0.717, 1.165) is 17.5 Å². The van der Waals surface area contributed by atoms with Crippen LogP contribution in [-0.2, 0) is 13.0 Å². The summed E-state index contributed by atoms with van der Waals surface area (Å²) >= 11 is 0. The number of nitrogens with zero attached hydrogens (tertiary/aromatic N) is 2. The number of nitrogens with one attached hydrogen (secondary N) is 2. The molecular weight excluding hydrogens is 399 g/mol. The molecule has 2 amide bonds. The molecule has 0 spiro atoms. The Kier molecular flexibility index (Phi) is 5.88. The van der Waals surface area contributed by atoms with Crippen LogP contribution in [0, 0.1) is 12.7 Å². The van der Waals surface area contributed by atoms with Gasteiger partial charge in [-0.1, -0.05) is 18.2 Å². The number of fused-ring (bicyclic) bond motifs is 1. The van der Waals surface area contributed by atoms with E-state index in [4.69, 9.17) is 4.42 Å². The van der Waals surface area contributed by atoms with E-state index in [1.165, 1.54) is 18.2 Å². The van der Waals surface area contributed by atoms with Gasteiger partial charge in [-0.2, -0.15) is 5.10 Å². The number of aromatic nitrogens is 1. The predicted molar refractivity (Wildman–Crippen MR) is 112 cm³/mol. The Hall–Kier alpha value is -3.81. The molecule has 8 heteroatoms. The van der Waals surface area contributed by atoms with E-state index in [0.29, 0.717) is 36.4 Å². The monoisotopic (exact) mass is 420 g/mol. The molecular formula is C23H21FN4O3. The van der Waals surface area contributed by atoms with Crippen molar-refractivity contribution in [3.63, 3.8) is 0 Å². The maximum absolute atomic E-state index is 13.8. The minimum Gasteiger partial charge on any atom is -0.455 e. The lowest BCUT2D eigenvalue weighted by atomic mass is 9.93. The molecule has 1 aliphatic rings. The predicted octanol–water partition coefficient (Wildman–Crippen LogP) is 3.52. The van der Waals surface area contributed by atoms with Gasteiger partial charge in [-0.15, -0.1) is 0 Å². The zero-order valence-corrected chi connectivity index (χ0v) is 16.9. The lowest BCUT2D eigenvalue weighted by Gasteiger charge is -2.13. The molecule has 4 rings (SSSR count). The topological polar surface area (TPSA) is 96.6 Å². The van der Waals surface area contributed by atoms with Gasteiger partial charge in [0.15, 0.2) is 5.76 Å². The van der Waals surface area contributed by atoms with Gasteiger partial charge in [-0.3, -0.25) is 14.6 Å². The van der Waals surface area contributed by atoms with Crippen molar-refractivity contribution in [2.45, 2.75) is 32.7 Å². The summed E-state index contributed by atoms with van der Waals surface area (Å²) < 4.78 is 19.7. The molecule has 0 saturated carbocycles. The van der Waals surface area contributed by atoms with Crippen LogP contribution >= 0.6 is 0 Å². The van der Waals surface area contributed by atoms with E-state index in [-0.39, 0.29) is 17.2 Å². The fourth-order valence-corrected chi connectivity index (χ4v) is 3.59. The quantitative estimate of drug-likeness (QED) is 0.617. The number of carbonyl (C=O) groups excluding carboxylic acids is 2. The first kappa shape index (κ1) is 20.5. The number of aryl methyl sites for hydroxylation is 1. The van der Waals surface area contributed by atoms with Gasteiger partial charge < -0.3 is 9.73 Å². The number of halogens is 1. The van der Waals surface area contributed by atoms with Crippen LogP contribution < -0.4 is 10.7 Å². The number of hydrogen-bond acceptors (Lipinski definition) is 5. The van der Waals surface area contributed by atoms with Crippen LogP contribution in [0.2, 0.25) is 0 Å². The van der Waals surface area contributed by atoms with Crippen molar-refractivity contribution in [2.24, 2.45) is 5.10 Å². The molecule has 2 heterocycles. The van der Waals surface area contributed by atoms with Crippen molar-refractivity contribution in [3.05, 3.63) is 88.4 Å². The Bertz CT molecular complexity index is 1150. The van der Waals surface area contributed by atoms with E-state index >= 15 is 0 Å². The third kappa shape index (κ3) is 4.37. The molecule has 1 aromatic carbocycles. The van der Waals surface area contributed by atoms with Gasteiger partial charge >= 0.3 is 0 Å². The SMILES string of the molecule is Cc1c(C(=O)NCc2cccnc2)oc2c1/C(=N/NC(=O)c1ccccc1F)CCC2. The molecule has 2 aromatic heterocycles. The van der Waals surface area contributed by atoms with Crippen molar-refractivity contribution in [1.29, 1.82) is 0 Å². The highest BCUT2D eigenvalue weighted by Gasteiger charge is 2.28. The van der Waals surface area contributed by atoms with E-state index in [1.54, 1.807) is 31.5 Å². The first-order valence-electron chi connectivity index (χ1n) is 9.95. The summed E-state index contributed by atoms with van der Waals surface area (Å²) in [6.07, 6.45) is 5.41. The van der Waals surface area contributed by atoms with Gasteiger partial charge in [0.2, 0.25) is 0 Å². The van der Waals surface area contributed by atoms with E-state index in [2.05, 4.69) is 20.8 Å². The molecule has 0 radical (unpaired) electrons. The minimum atomic E-state index is -0.631. The van der Waals surface area contributed by atoms with Crippen LogP contribution in [-0.4, -0.2) is 22.5 Å². The fraction of sp³-hybridized carbons (Fsp3) is 0.217. The molecule has 31 heavy (non-hydrogen) atoms. The highest BCUT2D eigenvalue weighted by molar-refractivity contribution is 6.07. The molecule has 2 N–H and O–H groups in total. The number of hydrazone groups is 1. The maximum Gasteiger partial charge on any atom is 0.287 e. The highest BCUT2D eigenvalue weighted by atomic mass is 19.1. The van der Waals surface area contributed by atoms with E-state index in [1.807, 2.05) is 6.07 Å². The van der Waals surface area contributed by atoms with Gasteiger partial charge in [-0.05, 0) is 43.5 Å². The Balaban J connectivity index is 1.52. The van der Waals surface area contributed by atoms with Crippen LogP contribution in [0.1, 0.15) is 56.2 Å². The number of pyridine rings is 1. The van der Waals surface area contributed by atoms with Gasteiger partial charge in [0.05, 0.1) is 11.3 Å². The van der Waals surface area contributed by atoms with Gasteiger partial charge in [0.25, 0.3) is 11.8 Å². The highest BCUT2D eigenvalue weighted by Crippen LogP contribution is 2.30. The third-order valence-electron chi connectivity index (χ3n) is 5.12. The van der Waals surface area contributed by atoms with E-state index < -0.39 is 11.7 Å². The smallest absolute Gasteiger partial charge is 0.287 e. The molecule has 158 valence electrons. The third-order valence-corrected chi connectivity index (χ3v) is 5.12. The molecule has 0 aliphatic heterocycles. The number of carbonyl (C=O) groups is 2. The molecule has 0 bridgehead atoms. The number of amides is 2. The summed E-state index contributed by atoms with van der Waals surface area (Å²) in [5.74, 6) is -0.687. The summed E-state index contributed by atoms with van der Waals surface area (Å²) in [6, 6.07) is 9.39. The minimum absolute atomic E-state index is 0.0812. The normalized spacial score (nSPS) is 14.2. The van der Waals surface area contributed by atoms with Crippen LogP contribution in [0.5, 0.6) is 0 Å². The summed E-state index contributed by atoms with van der Waals surface area (Å²) in [4.78, 5) is 29.0. The second kappa shape index (κ2) is 8.91. The second-order valence-electron chi connectivity index (χ2n) is 7.23. The van der Waals surface area contributed by atoms with Crippen molar-refractivity contribution in [2.75, 3.05) is 0 Å². The Morgan fingerprint density at radius 2 is 2.00 bits per heavy atom. The van der Waals surface area contributed by atoms with Crippen molar-refractivity contribution < 1.29 is 18.4 Å². The summed E-state index contributed by atoms with van der Waals surface area (Å²) in [6.45, 7) is 2.12. The number of hydrogen-bond donors (Lipinski definition) is 2. The number of benzene rings is 1. The summed E-state index contributed by atoms with van der Waals surface area (Å²) in [7, 11) is 0. The van der Waals surface area contributed by atoms with Gasteiger partial charge in [0.1, 0.15) is 11.6 Å². The molecule has 0 saturated heterocycles. The average molecular weight is 420 g/mol. The Labute approximate surface area is 178 Å². The maximum atomic E-state index is 13.8. The lowest BCUT2D eigenvalue weighted by molar-refractivity contribution is 0.0918. The van der Waals surface area contributed by atoms with Crippen LogP contribution in [0.4, 0.5) is 4.39 Å². The summed E-state index contributed by atoms with van der Waals surface area (Å²) in [5.41, 5.74) is 5.22.